The first-order chi connectivity index (χ1) is 28.2. The van der Waals surface area contributed by atoms with Gasteiger partial charge in [-0.05, 0) is 166 Å². The van der Waals surface area contributed by atoms with E-state index in [2.05, 4.69) is 191 Å². The molecule has 9 aromatic rings. The number of fused-ring (bicyclic) bond motifs is 10. The third-order valence-corrected chi connectivity index (χ3v) is 14.9. The predicted molar refractivity (Wildman–Crippen MR) is 237 cm³/mol. The Bertz CT molecular complexity index is 3060. The van der Waals surface area contributed by atoms with Crippen molar-refractivity contribution in [2.45, 2.75) is 37.5 Å². The first-order valence-electron chi connectivity index (χ1n) is 20.9. The lowest BCUT2D eigenvalue weighted by Gasteiger charge is -2.67. The van der Waals surface area contributed by atoms with Gasteiger partial charge in [0.15, 0.2) is 0 Å². The van der Waals surface area contributed by atoms with Crippen LogP contribution in [0.2, 0.25) is 0 Å². The number of anilines is 3. The molecule has 8 aromatic carbocycles. The summed E-state index contributed by atoms with van der Waals surface area (Å²) in [5, 5.41) is 5.06. The zero-order valence-electron chi connectivity index (χ0n) is 31.9. The Balaban J connectivity index is 1.000. The first-order valence-corrected chi connectivity index (χ1v) is 20.9. The molecule has 0 N–H and O–H groups in total. The zero-order valence-corrected chi connectivity index (χ0v) is 31.9. The molecule has 0 saturated heterocycles. The summed E-state index contributed by atoms with van der Waals surface area (Å²) >= 11 is 0. The fourth-order valence-electron chi connectivity index (χ4n) is 12.4. The number of para-hydroxylation sites is 2. The quantitative estimate of drug-likeness (QED) is 0.171. The summed E-state index contributed by atoms with van der Waals surface area (Å²) in [6.45, 7) is 0. The second kappa shape index (κ2) is 11.8. The molecule has 5 atom stereocenters. The molecule has 1 spiro atoms. The Kier molecular flexibility index (Phi) is 6.59. The van der Waals surface area contributed by atoms with Crippen molar-refractivity contribution in [1.82, 2.24) is 4.57 Å². The van der Waals surface area contributed by atoms with Gasteiger partial charge in [0.25, 0.3) is 0 Å². The Morgan fingerprint density at radius 2 is 1.16 bits per heavy atom. The van der Waals surface area contributed by atoms with Crippen LogP contribution in [0.15, 0.2) is 182 Å². The zero-order chi connectivity index (χ0) is 37.2. The minimum atomic E-state index is 0.560. The van der Waals surface area contributed by atoms with Gasteiger partial charge >= 0.3 is 0 Å². The topological polar surface area (TPSA) is 8.17 Å². The number of hydrogen-bond donors (Lipinski definition) is 0. The van der Waals surface area contributed by atoms with Gasteiger partial charge in [0.05, 0.1) is 11.0 Å². The molecule has 3 fully saturated rings. The van der Waals surface area contributed by atoms with Crippen molar-refractivity contribution in [2.75, 3.05) is 4.90 Å². The molecule has 0 radical (unpaired) electrons. The van der Waals surface area contributed by atoms with Gasteiger partial charge in [-0.2, -0.15) is 0 Å². The standard InChI is InChI=1S/C55H42N2/c1-2-12-42(13-3-1)57-53-17-9-8-16-49(53)51-33-45(25-27-54(51)57)56(43-22-20-36(21-23-43)38-19-18-35-10-4-5-11-37(35)28-38)44-24-26-46-39-29-40-30-41-31-52(55(40,41)34-39)48-15-7-6-14-47(48)50(46)32-44/h1-28,32-33,39-41,52H,29-31,34H2/t39?,40?,41?,52?,55-/m1/s1. The Hall–Kier alpha value is -6.38. The van der Waals surface area contributed by atoms with Crippen LogP contribution in [0.3, 0.4) is 0 Å². The summed E-state index contributed by atoms with van der Waals surface area (Å²) in [5.74, 6) is 3.20. The van der Waals surface area contributed by atoms with Crippen LogP contribution in [-0.2, 0) is 0 Å². The lowest BCUT2D eigenvalue weighted by Crippen LogP contribution is -2.58. The predicted octanol–water partition coefficient (Wildman–Crippen LogP) is 14.7. The van der Waals surface area contributed by atoms with Crippen molar-refractivity contribution in [3.63, 3.8) is 0 Å². The normalized spacial score (nSPS) is 22.5. The maximum atomic E-state index is 2.54. The number of rotatable bonds is 5. The van der Waals surface area contributed by atoms with Gasteiger partial charge in [0.2, 0.25) is 0 Å². The number of hydrogen-bond acceptors (Lipinski definition) is 1. The van der Waals surface area contributed by atoms with Gasteiger partial charge in [-0.25, -0.2) is 0 Å². The van der Waals surface area contributed by atoms with Crippen molar-refractivity contribution in [1.29, 1.82) is 0 Å². The van der Waals surface area contributed by atoms with Crippen LogP contribution in [0, 0.1) is 17.3 Å². The summed E-state index contributed by atoms with van der Waals surface area (Å²) in [4.78, 5) is 2.50. The van der Waals surface area contributed by atoms with Gasteiger partial charge in [-0.3, -0.25) is 0 Å². The van der Waals surface area contributed by atoms with Gasteiger partial charge in [0, 0.05) is 33.5 Å². The first kappa shape index (κ1) is 31.8. The van der Waals surface area contributed by atoms with Crippen LogP contribution in [0.4, 0.5) is 17.1 Å². The highest BCUT2D eigenvalue weighted by Crippen LogP contribution is 2.80. The third kappa shape index (κ3) is 4.47. The molecular formula is C55H42N2. The molecule has 4 unspecified atom stereocenters. The molecule has 2 bridgehead atoms. The highest BCUT2D eigenvalue weighted by molar-refractivity contribution is 6.10. The van der Waals surface area contributed by atoms with E-state index in [0.717, 1.165) is 23.2 Å². The van der Waals surface area contributed by atoms with E-state index in [1.807, 2.05) is 0 Å². The van der Waals surface area contributed by atoms with Crippen LogP contribution < -0.4 is 4.90 Å². The summed E-state index contributed by atoms with van der Waals surface area (Å²) < 4.78 is 2.41. The summed E-state index contributed by atoms with van der Waals surface area (Å²) in [5.41, 5.74) is 16.2. The summed E-state index contributed by atoms with van der Waals surface area (Å²) in [6.07, 6.45) is 5.56. The molecule has 272 valence electrons. The maximum absolute atomic E-state index is 2.54. The van der Waals surface area contributed by atoms with E-state index in [9.17, 15) is 0 Å². The van der Waals surface area contributed by atoms with Gasteiger partial charge in [-0.1, -0.05) is 115 Å². The van der Waals surface area contributed by atoms with E-state index in [0.29, 0.717) is 17.3 Å². The summed E-state index contributed by atoms with van der Waals surface area (Å²) in [7, 11) is 0. The van der Waals surface area contributed by atoms with Crippen molar-refractivity contribution in [3.05, 3.63) is 193 Å². The number of aromatic nitrogens is 1. The fraction of sp³-hybridized carbons (Fsp3) is 0.164. The minimum Gasteiger partial charge on any atom is -0.310 e. The molecule has 0 aliphatic heterocycles. The Labute approximate surface area is 333 Å². The molecule has 4 aliphatic carbocycles. The molecule has 1 aromatic heterocycles. The Morgan fingerprint density at radius 1 is 0.456 bits per heavy atom. The molecule has 3 saturated carbocycles. The Morgan fingerprint density at radius 3 is 2.05 bits per heavy atom. The van der Waals surface area contributed by atoms with Crippen LogP contribution in [0.1, 0.15) is 48.6 Å². The van der Waals surface area contributed by atoms with E-state index in [4.69, 9.17) is 0 Å². The van der Waals surface area contributed by atoms with E-state index >= 15 is 0 Å². The van der Waals surface area contributed by atoms with Crippen LogP contribution in [0.25, 0.3) is 60.5 Å². The lowest BCUT2D eigenvalue weighted by molar-refractivity contribution is -0.144. The average Bonchev–Trinajstić information content (AvgIpc) is 3.80. The minimum absolute atomic E-state index is 0.560. The second-order valence-electron chi connectivity index (χ2n) is 17.4. The second-order valence-corrected chi connectivity index (χ2v) is 17.4. The lowest BCUT2D eigenvalue weighted by atomic mass is 9.37. The largest absolute Gasteiger partial charge is 0.310 e. The molecule has 1 heterocycles. The molecule has 4 aliphatic rings. The maximum Gasteiger partial charge on any atom is 0.0542 e. The molecular weight excluding hydrogens is 689 g/mol. The van der Waals surface area contributed by atoms with Crippen LogP contribution in [0.5, 0.6) is 0 Å². The molecule has 2 nitrogen and oxygen atoms in total. The van der Waals surface area contributed by atoms with Crippen LogP contribution >= 0.6 is 0 Å². The SMILES string of the molecule is c1ccc(-n2c3ccccc3c3cc(N(c4ccc(-c5ccc6ccccc6c5)cc4)c4ccc5c(c4)-c4ccccc4C4CC6CC7CC5C[C@@]764)ccc32)cc1. The summed E-state index contributed by atoms with van der Waals surface area (Å²) in [6, 6.07) is 68.3. The van der Waals surface area contributed by atoms with Gasteiger partial charge in [-0.15, -0.1) is 0 Å². The molecule has 2 heteroatoms. The molecule has 13 rings (SSSR count). The van der Waals surface area contributed by atoms with E-state index in [1.54, 1.807) is 11.1 Å². The number of nitrogens with zero attached hydrogens (tertiary/aromatic N) is 2. The van der Waals surface area contributed by atoms with Crippen LogP contribution in [-0.4, -0.2) is 4.57 Å². The fourth-order valence-corrected chi connectivity index (χ4v) is 12.4. The van der Waals surface area contributed by atoms with Crippen molar-refractivity contribution < 1.29 is 0 Å². The molecule has 0 amide bonds. The van der Waals surface area contributed by atoms with Gasteiger partial charge < -0.3 is 9.47 Å². The third-order valence-electron chi connectivity index (χ3n) is 14.9. The van der Waals surface area contributed by atoms with Crippen molar-refractivity contribution in [3.8, 4) is 27.9 Å². The highest BCUT2D eigenvalue weighted by Gasteiger charge is 2.70. The average molecular weight is 731 g/mol. The van der Waals surface area contributed by atoms with E-state index < -0.39 is 0 Å². The van der Waals surface area contributed by atoms with Gasteiger partial charge in [0.1, 0.15) is 0 Å². The van der Waals surface area contributed by atoms with E-state index in [1.165, 1.54) is 91.9 Å². The molecule has 57 heavy (non-hydrogen) atoms. The number of benzene rings is 8. The highest BCUT2D eigenvalue weighted by atomic mass is 15.1. The van der Waals surface area contributed by atoms with E-state index in [-0.39, 0.29) is 0 Å². The smallest absolute Gasteiger partial charge is 0.0542 e. The van der Waals surface area contributed by atoms with Crippen molar-refractivity contribution >= 4 is 49.6 Å². The monoisotopic (exact) mass is 730 g/mol. The van der Waals surface area contributed by atoms with Crippen molar-refractivity contribution in [2.24, 2.45) is 17.3 Å².